The summed E-state index contributed by atoms with van der Waals surface area (Å²) in [6.45, 7) is 0. The lowest BCUT2D eigenvalue weighted by atomic mass is 9.95. The van der Waals surface area contributed by atoms with E-state index in [4.69, 9.17) is 16.0 Å². The Morgan fingerprint density at radius 1 is 0.704 bits per heavy atom. The first-order valence-electron chi connectivity index (χ1n) is 9.01. The van der Waals surface area contributed by atoms with Crippen LogP contribution in [0, 0.1) is 0 Å². The highest BCUT2D eigenvalue weighted by molar-refractivity contribution is 6.30. The van der Waals surface area contributed by atoms with Gasteiger partial charge in [-0.2, -0.15) is 0 Å². The molecule has 0 unspecified atom stereocenters. The van der Waals surface area contributed by atoms with Crippen LogP contribution in [-0.2, 0) is 6.42 Å². The molecule has 4 aromatic rings. The maximum Gasteiger partial charge on any atom is 0.137 e. The van der Waals surface area contributed by atoms with E-state index in [0.29, 0.717) is 0 Å². The van der Waals surface area contributed by atoms with E-state index in [1.165, 1.54) is 33.4 Å². The molecular formula is C25H17ClO. The van der Waals surface area contributed by atoms with Crippen molar-refractivity contribution in [1.82, 2.24) is 0 Å². The van der Waals surface area contributed by atoms with Gasteiger partial charge in [0, 0.05) is 22.6 Å². The largest absolute Gasteiger partial charge is 0.464 e. The monoisotopic (exact) mass is 368 g/mol. The molecule has 0 saturated carbocycles. The zero-order chi connectivity index (χ0) is 18.2. The van der Waals surface area contributed by atoms with E-state index in [9.17, 15) is 0 Å². The summed E-state index contributed by atoms with van der Waals surface area (Å²) in [4.78, 5) is 0. The van der Waals surface area contributed by atoms with Crippen LogP contribution in [0.5, 0.6) is 0 Å². The van der Waals surface area contributed by atoms with E-state index in [1.807, 2.05) is 18.2 Å². The molecule has 0 N–H and O–H groups in total. The van der Waals surface area contributed by atoms with Crippen molar-refractivity contribution in [1.29, 1.82) is 0 Å². The molecule has 0 fully saturated rings. The van der Waals surface area contributed by atoms with Crippen LogP contribution in [0.25, 0.3) is 33.9 Å². The molecule has 27 heavy (non-hydrogen) atoms. The third-order valence-corrected chi connectivity index (χ3v) is 5.36. The van der Waals surface area contributed by atoms with E-state index in [2.05, 4.69) is 66.7 Å². The molecule has 0 amide bonds. The Balaban J connectivity index is 1.55. The van der Waals surface area contributed by atoms with Gasteiger partial charge in [0.05, 0.1) is 6.26 Å². The number of allylic oxidation sites excluding steroid dienone is 1. The van der Waals surface area contributed by atoms with Gasteiger partial charge in [0.25, 0.3) is 0 Å². The molecule has 3 aromatic carbocycles. The number of halogens is 1. The first-order valence-corrected chi connectivity index (χ1v) is 9.39. The summed E-state index contributed by atoms with van der Waals surface area (Å²) in [5, 5.41) is 0.758. The fraction of sp³-hybridized carbons (Fsp3) is 0.0400. The average molecular weight is 369 g/mol. The highest BCUT2D eigenvalue weighted by Crippen LogP contribution is 2.41. The summed E-state index contributed by atoms with van der Waals surface area (Å²) in [6.07, 6.45) is 4.89. The van der Waals surface area contributed by atoms with Crippen molar-refractivity contribution in [2.24, 2.45) is 0 Å². The Kier molecular flexibility index (Phi) is 3.95. The van der Waals surface area contributed by atoms with Gasteiger partial charge in [-0.3, -0.25) is 0 Å². The SMILES string of the molecule is Clc1ccc(-c2cccc3c2CC(c2occc2-c2ccccc2)=C3)cc1. The number of furan rings is 1. The predicted molar refractivity (Wildman–Crippen MR) is 113 cm³/mol. The molecule has 0 saturated heterocycles. The van der Waals surface area contributed by atoms with Crippen molar-refractivity contribution >= 4 is 23.3 Å². The summed E-state index contributed by atoms with van der Waals surface area (Å²) < 4.78 is 5.91. The summed E-state index contributed by atoms with van der Waals surface area (Å²) in [6, 6.07) is 27.0. The second kappa shape index (κ2) is 6.61. The van der Waals surface area contributed by atoms with E-state index in [-0.39, 0.29) is 0 Å². The molecule has 0 spiro atoms. The van der Waals surface area contributed by atoms with Gasteiger partial charge in [0.15, 0.2) is 0 Å². The van der Waals surface area contributed by atoms with Crippen LogP contribution < -0.4 is 0 Å². The number of hydrogen-bond donors (Lipinski definition) is 0. The maximum absolute atomic E-state index is 6.06. The molecule has 1 aromatic heterocycles. The molecule has 0 atom stereocenters. The van der Waals surface area contributed by atoms with Gasteiger partial charge in [0.2, 0.25) is 0 Å². The maximum atomic E-state index is 6.06. The lowest BCUT2D eigenvalue weighted by molar-refractivity contribution is 0.553. The second-order valence-corrected chi connectivity index (χ2v) is 7.19. The standard InChI is InChI=1S/C25H17ClO/c26-21-11-9-18(10-12-21)22-8-4-7-19-15-20(16-24(19)22)25-23(13-14-27-25)17-5-2-1-3-6-17/h1-15H,16H2. The number of rotatable bonds is 3. The van der Waals surface area contributed by atoms with Crippen molar-refractivity contribution in [3.05, 3.63) is 107 Å². The normalized spacial score (nSPS) is 12.7. The minimum atomic E-state index is 0.758. The summed E-state index contributed by atoms with van der Waals surface area (Å²) in [5.41, 5.74) is 8.57. The molecule has 1 aliphatic rings. The van der Waals surface area contributed by atoms with Crippen molar-refractivity contribution in [2.45, 2.75) is 6.42 Å². The quantitative estimate of drug-likeness (QED) is 0.368. The fourth-order valence-electron chi connectivity index (χ4n) is 3.82. The predicted octanol–water partition coefficient (Wildman–Crippen LogP) is 7.36. The number of fused-ring (bicyclic) bond motifs is 1. The Labute approximate surface area is 163 Å². The zero-order valence-corrected chi connectivity index (χ0v) is 15.4. The van der Waals surface area contributed by atoms with Crippen LogP contribution >= 0.6 is 11.6 Å². The fourth-order valence-corrected chi connectivity index (χ4v) is 3.94. The van der Waals surface area contributed by atoms with Crippen LogP contribution in [0.4, 0.5) is 0 Å². The van der Waals surface area contributed by atoms with Crippen LogP contribution in [-0.4, -0.2) is 0 Å². The third-order valence-electron chi connectivity index (χ3n) is 5.11. The topological polar surface area (TPSA) is 13.1 Å². The van der Waals surface area contributed by atoms with Gasteiger partial charge in [-0.05, 0) is 52.1 Å². The van der Waals surface area contributed by atoms with Gasteiger partial charge in [-0.1, -0.05) is 72.3 Å². The van der Waals surface area contributed by atoms with Crippen molar-refractivity contribution < 1.29 is 4.42 Å². The number of hydrogen-bond acceptors (Lipinski definition) is 1. The molecule has 1 aliphatic carbocycles. The van der Waals surface area contributed by atoms with E-state index >= 15 is 0 Å². The van der Waals surface area contributed by atoms with Gasteiger partial charge in [-0.25, -0.2) is 0 Å². The molecule has 0 radical (unpaired) electrons. The lowest BCUT2D eigenvalue weighted by Gasteiger charge is -2.09. The van der Waals surface area contributed by atoms with Crippen molar-refractivity contribution in [3.63, 3.8) is 0 Å². The van der Waals surface area contributed by atoms with E-state index in [0.717, 1.165) is 22.8 Å². The third kappa shape index (κ3) is 2.90. The molecule has 130 valence electrons. The minimum absolute atomic E-state index is 0.758. The van der Waals surface area contributed by atoms with Gasteiger partial charge < -0.3 is 4.42 Å². The molecule has 0 bridgehead atoms. The van der Waals surface area contributed by atoms with Crippen molar-refractivity contribution in [3.8, 4) is 22.3 Å². The molecule has 1 heterocycles. The lowest BCUT2D eigenvalue weighted by Crippen LogP contribution is -1.91. The molecular weight excluding hydrogens is 352 g/mol. The second-order valence-electron chi connectivity index (χ2n) is 6.76. The first-order chi connectivity index (χ1) is 13.3. The van der Waals surface area contributed by atoms with E-state index in [1.54, 1.807) is 6.26 Å². The number of benzene rings is 3. The summed E-state index contributed by atoms with van der Waals surface area (Å²) in [7, 11) is 0. The van der Waals surface area contributed by atoms with Crippen LogP contribution in [0.3, 0.4) is 0 Å². The summed E-state index contributed by atoms with van der Waals surface area (Å²) in [5.74, 6) is 0.958. The molecule has 5 rings (SSSR count). The highest BCUT2D eigenvalue weighted by Gasteiger charge is 2.22. The Morgan fingerprint density at radius 3 is 2.30 bits per heavy atom. The van der Waals surface area contributed by atoms with Crippen LogP contribution in [0.15, 0.2) is 89.5 Å². The first kappa shape index (κ1) is 16.2. The van der Waals surface area contributed by atoms with Crippen LogP contribution in [0.1, 0.15) is 16.9 Å². The van der Waals surface area contributed by atoms with Crippen molar-refractivity contribution in [2.75, 3.05) is 0 Å². The Hall–Kier alpha value is -3.03. The Morgan fingerprint density at radius 2 is 1.48 bits per heavy atom. The van der Waals surface area contributed by atoms with Crippen LogP contribution in [0.2, 0.25) is 5.02 Å². The average Bonchev–Trinajstić information content (AvgIpc) is 3.36. The summed E-state index contributed by atoms with van der Waals surface area (Å²) >= 11 is 6.06. The molecule has 0 aliphatic heterocycles. The molecule has 1 nitrogen and oxygen atoms in total. The van der Waals surface area contributed by atoms with E-state index < -0.39 is 0 Å². The Bertz CT molecular complexity index is 1130. The van der Waals surface area contributed by atoms with Gasteiger partial charge in [-0.15, -0.1) is 0 Å². The molecule has 2 heteroatoms. The smallest absolute Gasteiger partial charge is 0.137 e. The van der Waals surface area contributed by atoms with Gasteiger partial charge in [0.1, 0.15) is 5.76 Å². The van der Waals surface area contributed by atoms with Gasteiger partial charge >= 0.3 is 0 Å². The highest BCUT2D eigenvalue weighted by atomic mass is 35.5. The zero-order valence-electron chi connectivity index (χ0n) is 14.7. The minimum Gasteiger partial charge on any atom is -0.464 e.